The van der Waals surface area contributed by atoms with Gasteiger partial charge in [-0.2, -0.15) is 0 Å². The second-order valence-electron chi connectivity index (χ2n) is 2.66. The Labute approximate surface area is 102 Å². The van der Waals surface area contributed by atoms with Crippen LogP contribution in [0.3, 0.4) is 0 Å². The first-order chi connectivity index (χ1) is 7.21. The van der Waals surface area contributed by atoms with Gasteiger partial charge >= 0.3 is 103 Å². The standard InChI is InChI=1S/2C2H2F3O2S.Sn/c2*1-8(6,7)2(3,4)5;/h2*1H2;. The molecule has 0 atom stereocenters. The van der Waals surface area contributed by atoms with Gasteiger partial charge in [0.05, 0.1) is 0 Å². The van der Waals surface area contributed by atoms with Crippen LogP contribution >= 0.6 is 0 Å². The molecular weight excluding hydrogens is 409 g/mol. The zero-order chi connectivity index (χ0) is 14.1. The zero-order valence-corrected chi connectivity index (χ0v) is 12.1. The fraction of sp³-hybridized carbons (Fsp3) is 1.00. The van der Waals surface area contributed by atoms with Crippen molar-refractivity contribution in [2.24, 2.45) is 0 Å². The van der Waals surface area contributed by atoms with Crippen molar-refractivity contribution in [3.8, 4) is 0 Å². The van der Waals surface area contributed by atoms with E-state index in [0.29, 0.717) is 0 Å². The van der Waals surface area contributed by atoms with Crippen LogP contribution in [-0.2, 0) is 19.7 Å². The molecule has 17 heavy (non-hydrogen) atoms. The van der Waals surface area contributed by atoms with Crippen molar-refractivity contribution in [1.29, 1.82) is 0 Å². The first-order valence-electron chi connectivity index (χ1n) is 3.49. The van der Waals surface area contributed by atoms with Gasteiger partial charge in [0.2, 0.25) is 0 Å². The number of hydrogen-bond donors (Lipinski definition) is 0. The molecule has 0 rings (SSSR count). The fourth-order valence-electron chi connectivity index (χ4n) is 0.474. The number of halogens is 6. The molecule has 13 heteroatoms. The molecular formula is C4H4F6O4S2Sn. The van der Waals surface area contributed by atoms with Crippen molar-refractivity contribution < 1.29 is 43.2 Å². The third-order valence-electron chi connectivity index (χ3n) is 1.29. The Kier molecular flexibility index (Phi) is 5.19. The summed E-state index contributed by atoms with van der Waals surface area (Å²) in [5, 5.41) is 0. The van der Waals surface area contributed by atoms with E-state index in [1.54, 1.807) is 0 Å². The Morgan fingerprint density at radius 2 is 0.941 bits per heavy atom. The molecule has 0 heterocycles. The van der Waals surface area contributed by atoms with E-state index in [0.717, 1.165) is 0 Å². The van der Waals surface area contributed by atoms with E-state index >= 15 is 0 Å². The summed E-state index contributed by atoms with van der Waals surface area (Å²) in [6.45, 7) is 0. The predicted octanol–water partition coefficient (Wildman–Crippen LogP) is 0.475. The molecule has 0 aromatic rings. The molecule has 0 aliphatic carbocycles. The maximum absolute atomic E-state index is 11.8. The molecule has 0 saturated heterocycles. The van der Waals surface area contributed by atoms with Crippen molar-refractivity contribution in [2.75, 3.05) is 7.54 Å². The van der Waals surface area contributed by atoms with Crippen LogP contribution in [0.4, 0.5) is 26.3 Å². The Balaban J connectivity index is 4.58. The van der Waals surface area contributed by atoms with Crippen molar-refractivity contribution in [3.05, 3.63) is 0 Å². The van der Waals surface area contributed by atoms with Gasteiger partial charge < -0.3 is 0 Å². The van der Waals surface area contributed by atoms with E-state index in [9.17, 15) is 43.2 Å². The van der Waals surface area contributed by atoms with Crippen molar-refractivity contribution in [1.82, 2.24) is 0 Å². The van der Waals surface area contributed by atoms with Crippen LogP contribution in [-0.4, -0.2) is 56.5 Å². The van der Waals surface area contributed by atoms with E-state index in [2.05, 4.69) is 0 Å². The summed E-state index contributed by atoms with van der Waals surface area (Å²) in [6.07, 6.45) is 0. The van der Waals surface area contributed by atoms with E-state index in [1.807, 2.05) is 0 Å². The summed E-state index contributed by atoms with van der Waals surface area (Å²) in [6, 6.07) is 0. The summed E-state index contributed by atoms with van der Waals surface area (Å²) in [5.41, 5.74) is -11.1. The van der Waals surface area contributed by atoms with E-state index < -0.39 is 59.4 Å². The summed E-state index contributed by atoms with van der Waals surface area (Å²) >= 11 is -2.86. The molecule has 0 spiro atoms. The van der Waals surface area contributed by atoms with Crippen LogP contribution in [0, 0.1) is 0 Å². The van der Waals surface area contributed by atoms with E-state index in [1.165, 1.54) is 0 Å². The van der Waals surface area contributed by atoms with Crippen LogP contribution in [0.15, 0.2) is 0 Å². The first-order valence-corrected chi connectivity index (χ1v) is 10.8. The van der Waals surface area contributed by atoms with Crippen LogP contribution in [0.2, 0.25) is 0 Å². The molecule has 0 aromatic heterocycles. The number of alkyl halides is 6. The maximum atomic E-state index is 11.8. The quantitative estimate of drug-likeness (QED) is 0.497. The van der Waals surface area contributed by atoms with Gasteiger partial charge in [-0.1, -0.05) is 0 Å². The van der Waals surface area contributed by atoms with Gasteiger partial charge in [0.15, 0.2) is 0 Å². The van der Waals surface area contributed by atoms with Crippen LogP contribution in [0.25, 0.3) is 0 Å². The molecule has 0 aliphatic heterocycles. The van der Waals surface area contributed by atoms with Gasteiger partial charge in [0.25, 0.3) is 0 Å². The Morgan fingerprint density at radius 1 is 0.706 bits per heavy atom. The third-order valence-corrected chi connectivity index (χ3v) is 13.9. The average Bonchev–Trinajstić information content (AvgIpc) is 1.98. The van der Waals surface area contributed by atoms with E-state index in [4.69, 9.17) is 0 Å². The second-order valence-corrected chi connectivity index (χ2v) is 13.0. The average molecular weight is 413 g/mol. The molecule has 0 N–H and O–H groups in total. The summed E-state index contributed by atoms with van der Waals surface area (Å²) < 4.78 is 109. The van der Waals surface area contributed by atoms with Gasteiger partial charge in [0, 0.05) is 0 Å². The summed E-state index contributed by atoms with van der Waals surface area (Å²) in [7, 11) is -11.0. The van der Waals surface area contributed by atoms with Gasteiger partial charge in [-0.15, -0.1) is 0 Å². The molecule has 0 saturated carbocycles. The van der Waals surface area contributed by atoms with E-state index in [-0.39, 0.29) is 0 Å². The van der Waals surface area contributed by atoms with Gasteiger partial charge in [0.1, 0.15) is 0 Å². The monoisotopic (exact) mass is 414 g/mol. The van der Waals surface area contributed by atoms with Gasteiger partial charge in [-0.25, -0.2) is 0 Å². The SMILES string of the molecule is O=S(=O)([CH2][Sn][CH2]S(=O)(=O)C(F)(F)F)C(F)(F)F. The molecule has 2 radical (unpaired) electrons. The molecule has 0 amide bonds. The van der Waals surface area contributed by atoms with Crippen molar-refractivity contribution in [3.63, 3.8) is 0 Å². The number of hydrogen-bond acceptors (Lipinski definition) is 4. The fourth-order valence-corrected chi connectivity index (χ4v) is 11.2. The molecule has 102 valence electrons. The van der Waals surface area contributed by atoms with Crippen molar-refractivity contribution >= 4 is 40.8 Å². The second kappa shape index (κ2) is 5.11. The van der Waals surface area contributed by atoms with Gasteiger partial charge in [-0.05, 0) is 0 Å². The normalized spacial score (nSPS) is 14.9. The minimum atomic E-state index is -5.56. The molecule has 0 aliphatic rings. The van der Waals surface area contributed by atoms with Crippen molar-refractivity contribution in [2.45, 2.75) is 11.0 Å². The zero-order valence-electron chi connectivity index (χ0n) is 7.63. The first kappa shape index (κ1) is 17.3. The number of sulfone groups is 2. The summed E-state index contributed by atoms with van der Waals surface area (Å²) in [4.78, 5) is 0. The molecule has 4 nitrogen and oxygen atoms in total. The summed E-state index contributed by atoms with van der Waals surface area (Å²) in [5.74, 6) is 0. The van der Waals surface area contributed by atoms with Gasteiger partial charge in [-0.3, -0.25) is 0 Å². The van der Waals surface area contributed by atoms with Crippen LogP contribution < -0.4 is 0 Å². The molecule has 0 fully saturated rings. The third kappa shape index (κ3) is 4.81. The molecule has 0 bridgehead atoms. The van der Waals surface area contributed by atoms with Crippen LogP contribution in [0.1, 0.15) is 0 Å². The minimum absolute atomic E-state index is 1.53. The van der Waals surface area contributed by atoms with Crippen LogP contribution in [0.5, 0.6) is 0 Å². The topological polar surface area (TPSA) is 68.3 Å². The Morgan fingerprint density at radius 3 is 1.12 bits per heavy atom. The Hall–Kier alpha value is 0.279. The Bertz CT molecular complexity index is 415. The number of rotatable bonds is 4. The molecule has 0 unspecified atom stereocenters. The molecule has 0 aromatic carbocycles. The predicted molar refractivity (Wildman–Crippen MR) is 45.4 cm³/mol.